The van der Waals surface area contributed by atoms with E-state index in [2.05, 4.69) is 6.58 Å². The first kappa shape index (κ1) is 25.3. The molecule has 0 aromatic rings. The Hall–Kier alpha value is -2.99. The van der Waals surface area contributed by atoms with Gasteiger partial charge in [-0.1, -0.05) is 13.5 Å². The summed E-state index contributed by atoms with van der Waals surface area (Å²) in [6, 6.07) is 0. The molecule has 7 N–H and O–H groups in total. The van der Waals surface area contributed by atoms with Crippen molar-refractivity contribution in [3.05, 3.63) is 12.2 Å². The molecule has 148 valence electrons. The van der Waals surface area contributed by atoms with E-state index in [9.17, 15) is 24.0 Å². The van der Waals surface area contributed by atoms with Gasteiger partial charge in [0.1, 0.15) is 0 Å². The molecule has 0 fully saturated rings. The molecule has 0 aliphatic carbocycles. The second-order valence-electron chi connectivity index (χ2n) is 4.95. The van der Waals surface area contributed by atoms with E-state index in [4.69, 9.17) is 35.7 Å². The molecule has 1 unspecified atom stereocenters. The van der Waals surface area contributed by atoms with Gasteiger partial charge in [0, 0.05) is 12.0 Å². The Bertz CT molecular complexity index is 540. The summed E-state index contributed by atoms with van der Waals surface area (Å²) in [7, 11) is 0. The molecule has 12 nitrogen and oxygen atoms in total. The smallest absolute Gasteiger partial charge is 0.333 e. The van der Waals surface area contributed by atoms with Crippen molar-refractivity contribution in [1.29, 1.82) is 0 Å². The molecule has 0 aromatic carbocycles. The number of aliphatic hydroxyl groups excluding tert-OH is 1. The number of hydrogen-bond acceptors (Lipinski definition) is 7. The van der Waals surface area contributed by atoms with Gasteiger partial charge in [-0.3, -0.25) is 19.2 Å². The van der Waals surface area contributed by atoms with Crippen LogP contribution in [0.25, 0.3) is 0 Å². The summed E-state index contributed by atoms with van der Waals surface area (Å²) >= 11 is 0. The van der Waals surface area contributed by atoms with Crippen LogP contribution in [0.4, 0.5) is 0 Å². The summed E-state index contributed by atoms with van der Waals surface area (Å²) in [5.74, 6) is -11.5. The Kier molecular flexibility index (Phi) is 10.5. The number of aliphatic hydroxyl groups is 2. The lowest BCUT2D eigenvalue weighted by Gasteiger charge is -2.25. The number of carboxylic acids is 5. The van der Waals surface area contributed by atoms with Gasteiger partial charge in [-0.05, 0) is 12.8 Å². The Morgan fingerprint density at radius 1 is 0.885 bits per heavy atom. The molecule has 26 heavy (non-hydrogen) atoms. The Balaban J connectivity index is 0. The van der Waals surface area contributed by atoms with Gasteiger partial charge in [0.15, 0.2) is 6.29 Å². The van der Waals surface area contributed by atoms with Gasteiger partial charge >= 0.3 is 29.8 Å². The largest absolute Gasteiger partial charge is 0.481 e. The van der Waals surface area contributed by atoms with Crippen LogP contribution in [-0.4, -0.2) is 71.9 Å². The molecule has 0 bridgehead atoms. The van der Waals surface area contributed by atoms with Crippen LogP contribution in [0.15, 0.2) is 12.2 Å². The molecule has 0 saturated carbocycles. The van der Waals surface area contributed by atoms with Crippen LogP contribution < -0.4 is 0 Å². The molecule has 0 spiro atoms. The fourth-order valence-corrected chi connectivity index (χ4v) is 1.80. The van der Waals surface area contributed by atoms with Crippen molar-refractivity contribution in [1.82, 2.24) is 0 Å². The first-order valence-corrected chi connectivity index (χ1v) is 6.96. The molecule has 0 amide bonds. The minimum absolute atomic E-state index is 0.00639. The summed E-state index contributed by atoms with van der Waals surface area (Å²) < 4.78 is 0. The SMILES string of the molecule is C=C(CCC(O)O)C(=O)O.CCC(C(=O)O)C(C(=O)O)(C(=O)O)C(=O)O. The molecule has 1 atom stereocenters. The minimum Gasteiger partial charge on any atom is -0.481 e. The van der Waals surface area contributed by atoms with E-state index in [0.717, 1.165) is 0 Å². The molecule has 12 heteroatoms. The number of aliphatic carboxylic acids is 5. The standard InChI is InChI=1S/C8H10O8.C6H10O4/c1-2-3(4(9)10)8(5(11)12,6(13)14)7(15)16;1-4(6(9)10)2-3-5(7)8/h3H,2H2,1H3,(H,9,10)(H,11,12)(H,13,14)(H,15,16);5,7-8H,1-3H2,(H,9,10). The van der Waals surface area contributed by atoms with E-state index in [0.29, 0.717) is 0 Å². The lowest BCUT2D eigenvalue weighted by Crippen LogP contribution is -2.54. The number of hydrogen-bond donors (Lipinski definition) is 7. The van der Waals surface area contributed by atoms with Gasteiger partial charge in [0.25, 0.3) is 5.41 Å². The monoisotopic (exact) mass is 380 g/mol. The third-order valence-electron chi connectivity index (χ3n) is 3.25. The molecular formula is C14H20O12. The van der Waals surface area contributed by atoms with Gasteiger partial charge in [0.05, 0.1) is 5.92 Å². The van der Waals surface area contributed by atoms with Gasteiger partial charge in [0.2, 0.25) is 0 Å². The summed E-state index contributed by atoms with van der Waals surface area (Å²) in [4.78, 5) is 53.1. The maximum atomic E-state index is 10.8. The first-order valence-electron chi connectivity index (χ1n) is 6.96. The van der Waals surface area contributed by atoms with Crippen LogP contribution in [0.3, 0.4) is 0 Å². The highest BCUT2D eigenvalue weighted by Gasteiger charge is 2.62. The topological polar surface area (TPSA) is 227 Å². The fraction of sp³-hybridized carbons (Fsp3) is 0.500. The van der Waals surface area contributed by atoms with Crippen LogP contribution in [0.2, 0.25) is 0 Å². The van der Waals surface area contributed by atoms with Crippen molar-refractivity contribution in [2.24, 2.45) is 11.3 Å². The molecule has 0 heterocycles. The van der Waals surface area contributed by atoms with Crippen LogP contribution in [0.1, 0.15) is 26.2 Å². The maximum Gasteiger partial charge on any atom is 0.333 e. The number of carboxylic acid groups (broad SMARTS) is 5. The maximum absolute atomic E-state index is 10.8. The first-order chi connectivity index (χ1) is 11.8. The Labute approximate surface area is 146 Å². The second-order valence-corrected chi connectivity index (χ2v) is 4.95. The van der Waals surface area contributed by atoms with Crippen LogP contribution in [0.5, 0.6) is 0 Å². The summed E-state index contributed by atoms with van der Waals surface area (Å²) in [6.07, 6.45) is -1.76. The van der Waals surface area contributed by atoms with E-state index in [1.54, 1.807) is 0 Å². The lowest BCUT2D eigenvalue weighted by molar-refractivity contribution is -0.185. The van der Waals surface area contributed by atoms with Crippen molar-refractivity contribution >= 4 is 29.8 Å². The summed E-state index contributed by atoms with van der Waals surface area (Å²) in [6.45, 7) is 4.40. The minimum atomic E-state index is -3.36. The zero-order valence-electron chi connectivity index (χ0n) is 13.7. The van der Waals surface area contributed by atoms with Crippen molar-refractivity contribution in [3.8, 4) is 0 Å². The Morgan fingerprint density at radius 2 is 1.27 bits per heavy atom. The average molecular weight is 380 g/mol. The quantitative estimate of drug-likeness (QED) is 0.138. The second kappa shape index (κ2) is 10.8. The molecule has 0 rings (SSSR count). The van der Waals surface area contributed by atoms with Crippen molar-refractivity contribution in [2.75, 3.05) is 0 Å². The Morgan fingerprint density at radius 3 is 1.42 bits per heavy atom. The molecule has 0 radical (unpaired) electrons. The van der Waals surface area contributed by atoms with E-state index in [1.807, 2.05) is 0 Å². The highest BCUT2D eigenvalue weighted by molar-refractivity contribution is 6.18. The fourth-order valence-electron chi connectivity index (χ4n) is 1.80. The third kappa shape index (κ3) is 6.49. The molecule has 0 aliphatic heterocycles. The van der Waals surface area contributed by atoms with E-state index >= 15 is 0 Å². The van der Waals surface area contributed by atoms with Crippen LogP contribution >= 0.6 is 0 Å². The molecular weight excluding hydrogens is 360 g/mol. The third-order valence-corrected chi connectivity index (χ3v) is 3.25. The van der Waals surface area contributed by atoms with Crippen molar-refractivity contribution in [3.63, 3.8) is 0 Å². The zero-order chi connectivity index (χ0) is 21.2. The predicted octanol–water partition coefficient (Wildman–Crippen LogP) is -0.944. The number of rotatable bonds is 10. The zero-order valence-corrected chi connectivity index (χ0v) is 13.7. The van der Waals surface area contributed by atoms with E-state index in [-0.39, 0.29) is 18.4 Å². The van der Waals surface area contributed by atoms with Crippen molar-refractivity contribution < 1.29 is 59.7 Å². The van der Waals surface area contributed by atoms with Crippen LogP contribution in [0, 0.1) is 11.3 Å². The van der Waals surface area contributed by atoms with Gasteiger partial charge in [-0.2, -0.15) is 0 Å². The highest BCUT2D eigenvalue weighted by Crippen LogP contribution is 2.32. The number of carbonyl (C=O) groups is 5. The van der Waals surface area contributed by atoms with Crippen LogP contribution in [-0.2, 0) is 24.0 Å². The summed E-state index contributed by atoms with van der Waals surface area (Å²) in [5, 5.41) is 59.6. The molecule has 0 saturated heterocycles. The average Bonchev–Trinajstić information content (AvgIpc) is 2.48. The predicted molar refractivity (Wildman–Crippen MR) is 81.0 cm³/mol. The lowest BCUT2D eigenvalue weighted by atomic mass is 9.74. The van der Waals surface area contributed by atoms with Crippen molar-refractivity contribution in [2.45, 2.75) is 32.5 Å². The molecule has 0 aliphatic rings. The van der Waals surface area contributed by atoms with E-state index in [1.165, 1.54) is 6.92 Å². The van der Waals surface area contributed by atoms with Gasteiger partial charge in [-0.15, -0.1) is 0 Å². The van der Waals surface area contributed by atoms with Gasteiger partial charge < -0.3 is 35.7 Å². The molecule has 0 aromatic heterocycles. The van der Waals surface area contributed by atoms with E-state index < -0.39 is 53.9 Å². The van der Waals surface area contributed by atoms with Gasteiger partial charge in [-0.25, -0.2) is 4.79 Å². The highest BCUT2D eigenvalue weighted by atomic mass is 16.5. The summed E-state index contributed by atoms with van der Waals surface area (Å²) in [5.41, 5.74) is -3.37. The normalized spacial score (nSPS) is 11.7.